The molecule has 0 atom stereocenters. The lowest BCUT2D eigenvalue weighted by Gasteiger charge is -2.12. The third kappa shape index (κ3) is 4.47. The quantitative estimate of drug-likeness (QED) is 0.458. The van der Waals surface area contributed by atoms with E-state index >= 15 is 0 Å². The predicted octanol–water partition coefficient (Wildman–Crippen LogP) is 2.92. The Morgan fingerprint density at radius 1 is 1.16 bits per heavy atom. The van der Waals surface area contributed by atoms with E-state index in [1.165, 1.54) is 6.33 Å². The Kier molecular flexibility index (Phi) is 6.18. The van der Waals surface area contributed by atoms with Gasteiger partial charge in [-0.15, -0.1) is 0 Å². The fourth-order valence-corrected chi connectivity index (χ4v) is 4.13. The summed E-state index contributed by atoms with van der Waals surface area (Å²) in [4.78, 5) is 28.1. The molecule has 4 rings (SSSR count). The molecule has 1 aromatic carbocycles. The SMILES string of the molecule is Cc1nc2ncnn2c(C)c1CCC(=O)Nc1ccc2c(c1)nc(C)n2CCCN(C)C. The van der Waals surface area contributed by atoms with Gasteiger partial charge in [0.15, 0.2) is 0 Å². The summed E-state index contributed by atoms with van der Waals surface area (Å²) in [5.74, 6) is 1.53. The topological polar surface area (TPSA) is 93.2 Å². The molecule has 4 aromatic rings. The van der Waals surface area contributed by atoms with Crippen molar-refractivity contribution < 1.29 is 4.79 Å². The van der Waals surface area contributed by atoms with Crippen molar-refractivity contribution in [2.45, 2.75) is 46.6 Å². The summed E-state index contributed by atoms with van der Waals surface area (Å²) in [6, 6.07) is 5.93. The summed E-state index contributed by atoms with van der Waals surface area (Å²) in [6.45, 7) is 7.91. The van der Waals surface area contributed by atoms with Crippen LogP contribution >= 0.6 is 0 Å². The lowest BCUT2D eigenvalue weighted by atomic mass is 10.1. The highest BCUT2D eigenvalue weighted by Crippen LogP contribution is 2.21. The number of nitrogens with one attached hydrogen (secondary N) is 1. The fourth-order valence-electron chi connectivity index (χ4n) is 4.13. The summed E-state index contributed by atoms with van der Waals surface area (Å²) in [6.07, 6.45) is 3.51. The first-order chi connectivity index (χ1) is 15.3. The zero-order valence-corrected chi connectivity index (χ0v) is 19.4. The van der Waals surface area contributed by atoms with Gasteiger partial charge in [0.2, 0.25) is 5.91 Å². The molecule has 0 fully saturated rings. The first-order valence-corrected chi connectivity index (χ1v) is 10.9. The van der Waals surface area contributed by atoms with Crippen molar-refractivity contribution in [2.75, 3.05) is 26.0 Å². The molecule has 3 aromatic heterocycles. The highest BCUT2D eigenvalue weighted by atomic mass is 16.1. The Bertz CT molecular complexity index is 1270. The molecule has 3 heterocycles. The summed E-state index contributed by atoms with van der Waals surface area (Å²) in [5, 5.41) is 7.22. The summed E-state index contributed by atoms with van der Waals surface area (Å²) in [5.41, 5.74) is 5.64. The van der Waals surface area contributed by atoms with Gasteiger partial charge in [-0.25, -0.2) is 14.5 Å². The van der Waals surface area contributed by atoms with Crippen LogP contribution in [-0.4, -0.2) is 60.6 Å². The van der Waals surface area contributed by atoms with Crippen LogP contribution in [0.2, 0.25) is 0 Å². The number of fused-ring (bicyclic) bond motifs is 2. The fraction of sp³-hybridized carbons (Fsp3) is 0.435. The number of carbonyl (C=O) groups excluding carboxylic acids is 1. The van der Waals surface area contributed by atoms with Gasteiger partial charge in [0.1, 0.15) is 12.2 Å². The first kappa shape index (κ1) is 21.9. The van der Waals surface area contributed by atoms with Crippen molar-refractivity contribution in [1.82, 2.24) is 34.0 Å². The Hall–Kier alpha value is -3.33. The van der Waals surface area contributed by atoms with Gasteiger partial charge in [0.05, 0.1) is 11.0 Å². The van der Waals surface area contributed by atoms with Gasteiger partial charge in [0, 0.05) is 30.0 Å². The van der Waals surface area contributed by atoms with Crippen molar-refractivity contribution in [1.29, 1.82) is 0 Å². The Morgan fingerprint density at radius 2 is 1.97 bits per heavy atom. The number of benzene rings is 1. The molecule has 0 saturated carbocycles. The highest BCUT2D eigenvalue weighted by molar-refractivity contribution is 5.93. The minimum atomic E-state index is -0.0380. The number of aryl methyl sites for hydroxylation is 4. The van der Waals surface area contributed by atoms with Crippen LogP contribution in [0.25, 0.3) is 16.8 Å². The van der Waals surface area contributed by atoms with Crippen molar-refractivity contribution in [3.8, 4) is 0 Å². The van der Waals surface area contributed by atoms with Crippen LogP contribution in [0.5, 0.6) is 0 Å². The Labute approximate surface area is 187 Å². The van der Waals surface area contributed by atoms with Gasteiger partial charge in [-0.1, -0.05) is 0 Å². The van der Waals surface area contributed by atoms with E-state index in [-0.39, 0.29) is 5.91 Å². The number of imidazole rings is 1. The molecule has 0 radical (unpaired) electrons. The third-order valence-corrected chi connectivity index (χ3v) is 5.80. The number of rotatable bonds is 8. The van der Waals surface area contributed by atoms with Gasteiger partial charge in [0.25, 0.3) is 5.78 Å². The van der Waals surface area contributed by atoms with Gasteiger partial charge in [-0.05, 0) is 78.0 Å². The second-order valence-corrected chi connectivity index (χ2v) is 8.45. The normalized spacial score (nSPS) is 11.7. The van der Waals surface area contributed by atoms with Crippen LogP contribution in [0, 0.1) is 20.8 Å². The average molecular weight is 435 g/mol. The van der Waals surface area contributed by atoms with E-state index in [2.05, 4.69) is 43.9 Å². The van der Waals surface area contributed by atoms with Gasteiger partial charge in [-0.3, -0.25) is 4.79 Å². The van der Waals surface area contributed by atoms with Gasteiger partial charge in [-0.2, -0.15) is 10.1 Å². The predicted molar refractivity (Wildman–Crippen MR) is 125 cm³/mol. The second-order valence-electron chi connectivity index (χ2n) is 8.45. The summed E-state index contributed by atoms with van der Waals surface area (Å²) >= 11 is 0. The van der Waals surface area contributed by atoms with E-state index in [1.807, 2.05) is 39.0 Å². The maximum Gasteiger partial charge on any atom is 0.252 e. The average Bonchev–Trinajstić information content (AvgIpc) is 3.31. The molecule has 0 saturated heterocycles. The zero-order valence-electron chi connectivity index (χ0n) is 19.4. The van der Waals surface area contributed by atoms with Crippen LogP contribution in [-0.2, 0) is 17.8 Å². The third-order valence-electron chi connectivity index (χ3n) is 5.80. The number of carbonyl (C=O) groups is 1. The van der Waals surface area contributed by atoms with E-state index in [9.17, 15) is 4.79 Å². The molecule has 0 aliphatic carbocycles. The zero-order chi connectivity index (χ0) is 22.8. The second kappa shape index (κ2) is 9.04. The van der Waals surface area contributed by atoms with Crippen molar-refractivity contribution >= 4 is 28.4 Å². The molecule has 1 amide bonds. The molecule has 0 aliphatic rings. The van der Waals surface area contributed by atoms with Crippen LogP contribution in [0.4, 0.5) is 5.69 Å². The van der Waals surface area contributed by atoms with Crippen molar-refractivity contribution in [2.24, 2.45) is 0 Å². The molecule has 168 valence electrons. The Morgan fingerprint density at radius 3 is 2.75 bits per heavy atom. The van der Waals surface area contributed by atoms with Crippen LogP contribution in [0.1, 0.15) is 35.6 Å². The number of nitrogens with zero attached hydrogens (tertiary/aromatic N) is 7. The van der Waals surface area contributed by atoms with E-state index in [4.69, 9.17) is 4.98 Å². The van der Waals surface area contributed by atoms with Crippen LogP contribution in [0.15, 0.2) is 24.5 Å². The van der Waals surface area contributed by atoms with Crippen LogP contribution < -0.4 is 5.32 Å². The van der Waals surface area contributed by atoms with Crippen molar-refractivity contribution in [3.63, 3.8) is 0 Å². The molecular formula is C23H30N8O. The van der Waals surface area contributed by atoms with E-state index in [0.717, 1.165) is 59.0 Å². The molecular weight excluding hydrogens is 404 g/mol. The maximum atomic E-state index is 12.6. The number of hydrogen-bond donors (Lipinski definition) is 1. The van der Waals surface area contributed by atoms with Gasteiger partial charge >= 0.3 is 0 Å². The minimum absolute atomic E-state index is 0.0380. The lowest BCUT2D eigenvalue weighted by molar-refractivity contribution is -0.116. The number of hydrogen-bond acceptors (Lipinski definition) is 6. The maximum absolute atomic E-state index is 12.6. The molecule has 0 bridgehead atoms. The molecule has 1 N–H and O–H groups in total. The molecule has 0 unspecified atom stereocenters. The highest BCUT2D eigenvalue weighted by Gasteiger charge is 2.14. The largest absolute Gasteiger partial charge is 0.328 e. The van der Waals surface area contributed by atoms with E-state index < -0.39 is 0 Å². The smallest absolute Gasteiger partial charge is 0.252 e. The standard InChI is InChI=1S/C23H30N8O/c1-15-19(16(2)31-23(26-15)24-14-25-31)8-10-22(32)28-18-7-9-21-20(13-18)27-17(3)30(21)12-6-11-29(4)5/h7,9,13-14H,6,8,10-12H2,1-5H3,(H,28,32). The number of aromatic nitrogens is 6. The van der Waals surface area contributed by atoms with Crippen molar-refractivity contribution in [3.05, 3.63) is 47.3 Å². The Balaban J connectivity index is 1.43. The van der Waals surface area contributed by atoms with Gasteiger partial charge < -0.3 is 14.8 Å². The first-order valence-electron chi connectivity index (χ1n) is 10.9. The van der Waals surface area contributed by atoms with E-state index in [0.29, 0.717) is 18.6 Å². The number of anilines is 1. The van der Waals surface area contributed by atoms with E-state index in [1.54, 1.807) is 4.52 Å². The molecule has 0 spiro atoms. The lowest BCUT2D eigenvalue weighted by Crippen LogP contribution is -2.15. The molecule has 9 heteroatoms. The molecule has 0 aliphatic heterocycles. The summed E-state index contributed by atoms with van der Waals surface area (Å²) in [7, 11) is 4.17. The number of amides is 1. The monoisotopic (exact) mass is 434 g/mol. The molecule has 32 heavy (non-hydrogen) atoms. The summed E-state index contributed by atoms with van der Waals surface area (Å²) < 4.78 is 3.95. The molecule has 9 nitrogen and oxygen atoms in total. The van der Waals surface area contributed by atoms with Crippen LogP contribution in [0.3, 0.4) is 0 Å². The minimum Gasteiger partial charge on any atom is -0.328 e.